The fourth-order valence-corrected chi connectivity index (χ4v) is 3.53. The Morgan fingerprint density at radius 3 is 2.84 bits per heavy atom. The van der Waals surface area contributed by atoms with Crippen LogP contribution in [-0.2, 0) is 16.1 Å². The highest BCUT2D eigenvalue weighted by Crippen LogP contribution is 2.34. The molecule has 4 rings (SSSR count). The van der Waals surface area contributed by atoms with Gasteiger partial charge in [-0.05, 0) is 37.0 Å². The monoisotopic (exact) mass is 339 g/mol. The SMILES string of the molecule is O=C(NCc1ccccn1)[C@H]1C[C@@H]2CCN(c3ncccn3)C[C@H]2O1. The Balaban J connectivity index is 1.32. The Kier molecular flexibility index (Phi) is 4.56. The first-order valence-corrected chi connectivity index (χ1v) is 8.64. The minimum Gasteiger partial charge on any atom is -0.363 e. The summed E-state index contributed by atoms with van der Waals surface area (Å²) in [7, 11) is 0. The zero-order chi connectivity index (χ0) is 17.1. The van der Waals surface area contributed by atoms with Crippen molar-refractivity contribution in [2.75, 3.05) is 18.0 Å². The maximum absolute atomic E-state index is 12.4. The molecule has 0 aliphatic carbocycles. The topological polar surface area (TPSA) is 80.2 Å². The van der Waals surface area contributed by atoms with Gasteiger partial charge >= 0.3 is 0 Å². The van der Waals surface area contributed by atoms with E-state index in [4.69, 9.17) is 4.74 Å². The molecule has 2 aliphatic rings. The third-order valence-corrected chi connectivity index (χ3v) is 4.85. The van der Waals surface area contributed by atoms with E-state index in [2.05, 4.69) is 25.2 Å². The summed E-state index contributed by atoms with van der Waals surface area (Å²) in [6.07, 6.45) is 6.67. The summed E-state index contributed by atoms with van der Waals surface area (Å²) in [6.45, 7) is 2.06. The molecule has 0 bridgehead atoms. The van der Waals surface area contributed by atoms with Crippen LogP contribution in [0.1, 0.15) is 18.5 Å². The van der Waals surface area contributed by atoms with E-state index in [9.17, 15) is 4.79 Å². The van der Waals surface area contributed by atoms with E-state index in [1.165, 1.54) is 0 Å². The van der Waals surface area contributed by atoms with Gasteiger partial charge in [0.2, 0.25) is 11.9 Å². The van der Waals surface area contributed by atoms with Crippen LogP contribution in [-0.4, -0.2) is 46.2 Å². The Morgan fingerprint density at radius 1 is 1.20 bits per heavy atom. The van der Waals surface area contributed by atoms with Crippen LogP contribution < -0.4 is 10.2 Å². The van der Waals surface area contributed by atoms with Crippen LogP contribution in [0.25, 0.3) is 0 Å². The Hall–Kier alpha value is -2.54. The van der Waals surface area contributed by atoms with Gasteiger partial charge in [0.25, 0.3) is 0 Å². The third-order valence-electron chi connectivity index (χ3n) is 4.85. The van der Waals surface area contributed by atoms with Crippen molar-refractivity contribution < 1.29 is 9.53 Å². The number of nitrogens with one attached hydrogen (secondary N) is 1. The third kappa shape index (κ3) is 3.61. The predicted octanol–water partition coefficient (Wildman–Crippen LogP) is 1.17. The standard InChI is InChI=1S/C18H21N5O2/c24-17(22-11-14-4-1-2-6-19-14)15-10-13-5-9-23(12-16(13)25-15)18-20-7-3-8-21-18/h1-4,6-8,13,15-16H,5,9-12H2,(H,22,24)/t13-,15+,16+/m0/s1. The number of fused-ring (bicyclic) bond motifs is 1. The van der Waals surface area contributed by atoms with Gasteiger partial charge in [0.1, 0.15) is 6.10 Å². The van der Waals surface area contributed by atoms with Gasteiger partial charge in [0.05, 0.1) is 18.3 Å². The van der Waals surface area contributed by atoms with Gasteiger partial charge in [0, 0.05) is 31.7 Å². The molecule has 130 valence electrons. The van der Waals surface area contributed by atoms with E-state index >= 15 is 0 Å². The van der Waals surface area contributed by atoms with E-state index < -0.39 is 0 Å². The van der Waals surface area contributed by atoms with Crippen LogP contribution in [0.3, 0.4) is 0 Å². The number of ether oxygens (including phenoxy) is 1. The van der Waals surface area contributed by atoms with E-state index in [0.717, 1.165) is 37.6 Å². The van der Waals surface area contributed by atoms with E-state index in [1.54, 1.807) is 18.6 Å². The van der Waals surface area contributed by atoms with Gasteiger partial charge in [-0.1, -0.05) is 6.07 Å². The number of carbonyl (C=O) groups excluding carboxylic acids is 1. The van der Waals surface area contributed by atoms with Crippen molar-refractivity contribution in [3.8, 4) is 0 Å². The van der Waals surface area contributed by atoms with Crippen molar-refractivity contribution in [3.63, 3.8) is 0 Å². The van der Waals surface area contributed by atoms with Gasteiger partial charge in [-0.2, -0.15) is 0 Å². The van der Waals surface area contributed by atoms with Gasteiger partial charge in [-0.3, -0.25) is 9.78 Å². The molecular formula is C18H21N5O2. The normalized spacial score (nSPS) is 25.4. The number of hydrogen-bond donors (Lipinski definition) is 1. The van der Waals surface area contributed by atoms with Crippen molar-refractivity contribution in [2.24, 2.45) is 5.92 Å². The van der Waals surface area contributed by atoms with Gasteiger partial charge in [-0.15, -0.1) is 0 Å². The number of pyridine rings is 1. The molecule has 3 atom stereocenters. The molecule has 2 aliphatic heterocycles. The molecule has 7 heteroatoms. The summed E-state index contributed by atoms with van der Waals surface area (Å²) in [5.41, 5.74) is 0.846. The highest BCUT2D eigenvalue weighted by atomic mass is 16.5. The first-order chi connectivity index (χ1) is 12.3. The lowest BCUT2D eigenvalue weighted by Gasteiger charge is -2.33. The van der Waals surface area contributed by atoms with Gasteiger partial charge in [0.15, 0.2) is 0 Å². The number of hydrogen-bond acceptors (Lipinski definition) is 6. The van der Waals surface area contributed by atoms with Crippen molar-refractivity contribution in [1.82, 2.24) is 20.3 Å². The molecule has 2 fully saturated rings. The lowest BCUT2D eigenvalue weighted by molar-refractivity contribution is -0.132. The Labute approximate surface area is 146 Å². The largest absolute Gasteiger partial charge is 0.363 e. The van der Waals surface area contributed by atoms with Crippen LogP contribution in [0.15, 0.2) is 42.9 Å². The van der Waals surface area contributed by atoms with Crippen molar-refractivity contribution >= 4 is 11.9 Å². The molecule has 0 spiro atoms. The summed E-state index contributed by atoms with van der Waals surface area (Å²) in [5, 5.41) is 2.93. The molecule has 0 radical (unpaired) electrons. The molecule has 1 N–H and O–H groups in total. The summed E-state index contributed by atoms with van der Waals surface area (Å²) in [6, 6.07) is 7.48. The molecule has 0 saturated carbocycles. The van der Waals surface area contributed by atoms with Crippen molar-refractivity contribution in [2.45, 2.75) is 31.6 Å². The van der Waals surface area contributed by atoms with Crippen LogP contribution >= 0.6 is 0 Å². The fourth-order valence-electron chi connectivity index (χ4n) is 3.53. The Morgan fingerprint density at radius 2 is 2.04 bits per heavy atom. The second-order valence-electron chi connectivity index (χ2n) is 6.48. The van der Waals surface area contributed by atoms with E-state index in [1.807, 2.05) is 24.3 Å². The molecule has 0 aromatic carbocycles. The number of anilines is 1. The molecular weight excluding hydrogens is 318 g/mol. The highest BCUT2D eigenvalue weighted by Gasteiger charge is 2.42. The van der Waals surface area contributed by atoms with Crippen LogP contribution in [0.2, 0.25) is 0 Å². The second-order valence-corrected chi connectivity index (χ2v) is 6.48. The lowest BCUT2D eigenvalue weighted by atomic mass is 9.92. The first kappa shape index (κ1) is 16.0. The molecule has 2 aromatic rings. The highest BCUT2D eigenvalue weighted by molar-refractivity contribution is 5.81. The number of piperidine rings is 1. The molecule has 4 heterocycles. The number of amides is 1. The molecule has 2 aromatic heterocycles. The smallest absolute Gasteiger partial charge is 0.249 e. The van der Waals surface area contributed by atoms with E-state index in [0.29, 0.717) is 12.5 Å². The summed E-state index contributed by atoms with van der Waals surface area (Å²) >= 11 is 0. The zero-order valence-corrected chi connectivity index (χ0v) is 13.9. The van der Waals surface area contributed by atoms with Gasteiger partial charge in [-0.25, -0.2) is 9.97 Å². The summed E-state index contributed by atoms with van der Waals surface area (Å²) < 4.78 is 6.04. The number of aromatic nitrogens is 3. The zero-order valence-electron chi connectivity index (χ0n) is 13.9. The second kappa shape index (κ2) is 7.14. The predicted molar refractivity (Wildman–Crippen MR) is 91.7 cm³/mol. The number of rotatable bonds is 4. The summed E-state index contributed by atoms with van der Waals surface area (Å²) in [4.78, 5) is 27.4. The molecule has 2 saturated heterocycles. The minimum absolute atomic E-state index is 0.0532. The first-order valence-electron chi connectivity index (χ1n) is 8.64. The summed E-state index contributed by atoms with van der Waals surface area (Å²) in [5.74, 6) is 1.10. The molecule has 1 amide bonds. The molecule has 7 nitrogen and oxygen atoms in total. The number of nitrogens with zero attached hydrogens (tertiary/aromatic N) is 4. The minimum atomic E-state index is -0.379. The van der Waals surface area contributed by atoms with Crippen molar-refractivity contribution in [1.29, 1.82) is 0 Å². The van der Waals surface area contributed by atoms with Crippen LogP contribution in [0.4, 0.5) is 5.95 Å². The van der Waals surface area contributed by atoms with Gasteiger partial charge < -0.3 is 15.0 Å². The fraction of sp³-hybridized carbons (Fsp3) is 0.444. The molecule has 0 unspecified atom stereocenters. The average molecular weight is 339 g/mol. The van der Waals surface area contributed by atoms with Crippen LogP contribution in [0, 0.1) is 5.92 Å². The Bertz CT molecular complexity index is 712. The van der Waals surface area contributed by atoms with E-state index in [-0.39, 0.29) is 18.1 Å². The van der Waals surface area contributed by atoms with Crippen LogP contribution in [0.5, 0.6) is 0 Å². The maximum atomic E-state index is 12.4. The average Bonchev–Trinajstić information content (AvgIpc) is 3.11. The van der Waals surface area contributed by atoms with Crippen molar-refractivity contribution in [3.05, 3.63) is 48.5 Å². The molecule has 25 heavy (non-hydrogen) atoms. The number of carbonyl (C=O) groups is 1. The lowest BCUT2D eigenvalue weighted by Crippen LogP contribution is -2.43. The maximum Gasteiger partial charge on any atom is 0.249 e. The quantitative estimate of drug-likeness (QED) is 0.901.